The molecular formula is C21H14Br4N2O3. The molecule has 3 rings (SSSR count). The van der Waals surface area contributed by atoms with Crippen LogP contribution in [0.4, 0.5) is 0 Å². The summed E-state index contributed by atoms with van der Waals surface area (Å²) in [6, 6.07) is 16.1. The largest absolute Gasteiger partial charge is 0.507 e. The second-order valence-electron chi connectivity index (χ2n) is 6.09. The van der Waals surface area contributed by atoms with E-state index >= 15 is 0 Å². The van der Waals surface area contributed by atoms with Crippen LogP contribution in [-0.4, -0.2) is 17.2 Å². The fraction of sp³-hybridized carbons (Fsp3) is 0.0476. The Labute approximate surface area is 207 Å². The Hall–Kier alpha value is -1.68. The van der Waals surface area contributed by atoms with Gasteiger partial charge in [0.15, 0.2) is 0 Å². The molecule has 3 aromatic carbocycles. The predicted molar refractivity (Wildman–Crippen MR) is 131 cm³/mol. The third-order valence-electron chi connectivity index (χ3n) is 3.90. The first-order valence-electron chi connectivity index (χ1n) is 8.51. The van der Waals surface area contributed by atoms with Crippen molar-refractivity contribution in [3.05, 3.63) is 89.2 Å². The van der Waals surface area contributed by atoms with Gasteiger partial charge >= 0.3 is 0 Å². The molecule has 0 heterocycles. The first-order valence-corrected chi connectivity index (χ1v) is 11.7. The van der Waals surface area contributed by atoms with Gasteiger partial charge in [0.25, 0.3) is 5.91 Å². The van der Waals surface area contributed by atoms with E-state index in [0.717, 1.165) is 24.5 Å². The summed E-state index contributed by atoms with van der Waals surface area (Å²) >= 11 is 13.7. The van der Waals surface area contributed by atoms with Gasteiger partial charge in [-0.2, -0.15) is 5.10 Å². The number of halogens is 4. The van der Waals surface area contributed by atoms with Crippen LogP contribution in [0.5, 0.6) is 11.5 Å². The van der Waals surface area contributed by atoms with Crippen molar-refractivity contribution in [2.24, 2.45) is 5.10 Å². The SMILES string of the molecule is O=C(N/N=C/c1cc(Br)c(OCc2ccc(Br)cc2)c(Br)c1)c1cc(Br)ccc1O. The van der Waals surface area contributed by atoms with Crippen LogP contribution < -0.4 is 10.2 Å². The van der Waals surface area contributed by atoms with Gasteiger partial charge in [-0.25, -0.2) is 5.43 Å². The van der Waals surface area contributed by atoms with Crippen LogP contribution in [0.15, 0.2) is 77.6 Å². The molecule has 3 aromatic rings. The molecule has 0 bridgehead atoms. The molecule has 2 N–H and O–H groups in total. The Morgan fingerprint density at radius 2 is 1.60 bits per heavy atom. The smallest absolute Gasteiger partial charge is 0.275 e. The summed E-state index contributed by atoms with van der Waals surface area (Å²) in [5.41, 5.74) is 4.31. The van der Waals surface area contributed by atoms with Crippen LogP contribution in [0.2, 0.25) is 0 Å². The fourth-order valence-corrected chi connectivity index (χ4v) is 4.52. The van der Waals surface area contributed by atoms with Gasteiger partial charge in [0.1, 0.15) is 18.1 Å². The first kappa shape index (κ1) is 23.0. The number of phenolic OH excluding ortho intramolecular Hbond substituents is 1. The Bertz CT molecular complexity index is 1080. The molecule has 0 saturated carbocycles. The molecule has 1 amide bonds. The molecule has 9 heteroatoms. The number of ether oxygens (including phenoxy) is 1. The number of hydrogen-bond acceptors (Lipinski definition) is 4. The quantitative estimate of drug-likeness (QED) is 0.226. The highest BCUT2D eigenvalue weighted by Gasteiger charge is 2.11. The summed E-state index contributed by atoms with van der Waals surface area (Å²) in [7, 11) is 0. The first-order chi connectivity index (χ1) is 14.3. The van der Waals surface area contributed by atoms with Crippen molar-refractivity contribution >= 4 is 75.8 Å². The lowest BCUT2D eigenvalue weighted by Crippen LogP contribution is -2.17. The number of hydrogen-bond donors (Lipinski definition) is 2. The van der Waals surface area contributed by atoms with E-state index in [-0.39, 0.29) is 11.3 Å². The maximum atomic E-state index is 12.2. The lowest BCUT2D eigenvalue weighted by molar-refractivity contribution is 0.0952. The third-order valence-corrected chi connectivity index (χ3v) is 6.10. The maximum Gasteiger partial charge on any atom is 0.275 e. The minimum atomic E-state index is -0.516. The van der Waals surface area contributed by atoms with Gasteiger partial charge in [-0.3, -0.25) is 4.79 Å². The van der Waals surface area contributed by atoms with Gasteiger partial charge in [-0.05, 0) is 85.5 Å². The highest BCUT2D eigenvalue weighted by atomic mass is 79.9. The molecule has 30 heavy (non-hydrogen) atoms. The average molecular weight is 662 g/mol. The molecule has 0 aliphatic carbocycles. The van der Waals surface area contributed by atoms with Crippen molar-refractivity contribution in [1.82, 2.24) is 5.43 Å². The minimum absolute atomic E-state index is 0.122. The number of carbonyl (C=O) groups excluding carboxylic acids is 1. The topological polar surface area (TPSA) is 70.9 Å². The minimum Gasteiger partial charge on any atom is -0.507 e. The van der Waals surface area contributed by atoms with Crippen molar-refractivity contribution in [3.63, 3.8) is 0 Å². The number of carbonyl (C=O) groups is 1. The Balaban J connectivity index is 1.66. The number of benzene rings is 3. The van der Waals surface area contributed by atoms with E-state index in [9.17, 15) is 9.90 Å². The standard InChI is InChI=1S/C21H14Br4N2O3/c22-14-3-1-12(2-4-14)11-30-20-17(24)7-13(8-18(20)25)10-26-27-21(29)16-9-15(23)5-6-19(16)28/h1-10,28H,11H2,(H,27,29)/b26-10+. The van der Waals surface area contributed by atoms with Crippen molar-refractivity contribution in [2.75, 3.05) is 0 Å². The monoisotopic (exact) mass is 658 g/mol. The molecular weight excluding hydrogens is 648 g/mol. The summed E-state index contributed by atoms with van der Waals surface area (Å²) < 4.78 is 9.10. The van der Waals surface area contributed by atoms with E-state index < -0.39 is 5.91 Å². The molecule has 5 nitrogen and oxygen atoms in total. The average Bonchev–Trinajstić information content (AvgIpc) is 2.70. The van der Waals surface area contributed by atoms with Crippen LogP contribution in [0, 0.1) is 0 Å². The number of amides is 1. The van der Waals surface area contributed by atoms with Crippen molar-refractivity contribution in [3.8, 4) is 11.5 Å². The molecule has 0 atom stereocenters. The lowest BCUT2D eigenvalue weighted by atomic mass is 10.2. The summed E-state index contributed by atoms with van der Waals surface area (Å²) in [6.45, 7) is 0.421. The van der Waals surface area contributed by atoms with Crippen molar-refractivity contribution in [2.45, 2.75) is 6.61 Å². The molecule has 0 saturated heterocycles. The summed E-state index contributed by atoms with van der Waals surface area (Å²) in [5.74, 6) is 0.0273. The second kappa shape index (κ2) is 10.6. The predicted octanol–water partition coefficient (Wildman–Crippen LogP) is 6.79. The molecule has 154 valence electrons. The zero-order valence-corrected chi connectivity index (χ0v) is 21.5. The van der Waals surface area contributed by atoms with Crippen LogP contribution in [0.25, 0.3) is 0 Å². The fourth-order valence-electron chi connectivity index (χ4n) is 2.44. The third kappa shape index (κ3) is 6.16. The van der Waals surface area contributed by atoms with Gasteiger partial charge in [0, 0.05) is 8.95 Å². The number of nitrogens with one attached hydrogen (secondary N) is 1. The van der Waals surface area contributed by atoms with Crippen molar-refractivity contribution < 1.29 is 14.6 Å². The van der Waals surface area contributed by atoms with Crippen LogP contribution in [0.3, 0.4) is 0 Å². The molecule has 0 aromatic heterocycles. The van der Waals surface area contributed by atoms with E-state index in [1.165, 1.54) is 18.3 Å². The van der Waals surface area contributed by atoms with Gasteiger partial charge < -0.3 is 9.84 Å². The Morgan fingerprint density at radius 1 is 0.967 bits per heavy atom. The molecule has 0 spiro atoms. The van der Waals surface area contributed by atoms with Crippen LogP contribution >= 0.6 is 63.7 Å². The summed E-state index contributed by atoms with van der Waals surface area (Å²) in [4.78, 5) is 12.2. The van der Waals surface area contributed by atoms with E-state index in [1.54, 1.807) is 6.07 Å². The highest BCUT2D eigenvalue weighted by molar-refractivity contribution is 9.11. The Kier molecular flexibility index (Phi) is 8.10. The second-order valence-corrected chi connectivity index (χ2v) is 9.63. The van der Waals surface area contributed by atoms with Crippen LogP contribution in [0.1, 0.15) is 21.5 Å². The van der Waals surface area contributed by atoms with Crippen molar-refractivity contribution in [1.29, 1.82) is 0 Å². The number of hydrazone groups is 1. The number of nitrogens with zero attached hydrogens (tertiary/aromatic N) is 1. The lowest BCUT2D eigenvalue weighted by Gasteiger charge is -2.11. The number of phenols is 1. The van der Waals surface area contributed by atoms with E-state index in [1.807, 2.05) is 36.4 Å². The number of rotatable bonds is 6. The molecule has 0 aliphatic heterocycles. The molecule has 0 radical (unpaired) electrons. The van der Waals surface area contributed by atoms with E-state index in [0.29, 0.717) is 16.8 Å². The normalized spacial score (nSPS) is 10.9. The van der Waals surface area contributed by atoms with Crippen LogP contribution in [-0.2, 0) is 6.61 Å². The van der Waals surface area contributed by atoms with E-state index in [2.05, 4.69) is 74.2 Å². The molecule has 0 unspecified atom stereocenters. The highest BCUT2D eigenvalue weighted by Crippen LogP contribution is 2.35. The number of aromatic hydroxyl groups is 1. The molecule has 0 fully saturated rings. The summed E-state index contributed by atoms with van der Waals surface area (Å²) in [5, 5.41) is 13.8. The van der Waals surface area contributed by atoms with Gasteiger partial charge in [0.2, 0.25) is 0 Å². The Morgan fingerprint density at radius 3 is 2.27 bits per heavy atom. The maximum absolute atomic E-state index is 12.2. The van der Waals surface area contributed by atoms with Gasteiger partial charge in [0.05, 0.1) is 20.7 Å². The van der Waals surface area contributed by atoms with Gasteiger partial charge in [-0.1, -0.05) is 44.0 Å². The molecule has 0 aliphatic rings. The zero-order valence-electron chi connectivity index (χ0n) is 15.2. The zero-order chi connectivity index (χ0) is 21.7. The van der Waals surface area contributed by atoms with Gasteiger partial charge in [-0.15, -0.1) is 0 Å². The van der Waals surface area contributed by atoms with E-state index in [4.69, 9.17) is 4.74 Å². The summed E-state index contributed by atoms with van der Waals surface area (Å²) in [6.07, 6.45) is 1.50.